The van der Waals surface area contributed by atoms with Crippen molar-refractivity contribution in [3.8, 4) is 0 Å². The fraction of sp³-hybridized carbons (Fsp3) is 0.263. The zero-order valence-corrected chi connectivity index (χ0v) is 14.5. The highest BCUT2D eigenvalue weighted by molar-refractivity contribution is 6.30. The largest absolute Gasteiger partial charge is 0.334 e. The van der Waals surface area contributed by atoms with E-state index in [1.807, 2.05) is 34.9 Å². The van der Waals surface area contributed by atoms with E-state index in [4.69, 9.17) is 11.6 Å². The number of pyridine rings is 1. The number of urea groups is 1. The molecule has 2 amide bonds. The van der Waals surface area contributed by atoms with Crippen LogP contribution < -0.4 is 10.6 Å². The Morgan fingerprint density at radius 1 is 1.32 bits per heavy atom. The molecule has 0 saturated carbocycles. The molecule has 0 saturated heterocycles. The fourth-order valence-electron chi connectivity index (χ4n) is 3.38. The van der Waals surface area contributed by atoms with Gasteiger partial charge in [-0.3, -0.25) is 0 Å². The van der Waals surface area contributed by atoms with Gasteiger partial charge < -0.3 is 15.0 Å². The fourth-order valence-corrected chi connectivity index (χ4v) is 3.56. The average molecular weight is 355 g/mol. The van der Waals surface area contributed by atoms with E-state index >= 15 is 0 Å². The van der Waals surface area contributed by atoms with Crippen molar-refractivity contribution in [2.75, 3.05) is 0 Å². The van der Waals surface area contributed by atoms with Gasteiger partial charge in [-0.1, -0.05) is 23.7 Å². The molecule has 128 valence electrons. The number of carbonyl (C=O) groups excluding carboxylic acids is 1. The number of halogens is 1. The number of imidazole rings is 1. The highest BCUT2D eigenvalue weighted by atomic mass is 35.5. The van der Waals surface area contributed by atoms with Crippen LogP contribution in [-0.2, 0) is 13.0 Å². The van der Waals surface area contributed by atoms with E-state index in [2.05, 4.69) is 21.7 Å². The lowest BCUT2D eigenvalue weighted by Gasteiger charge is -2.26. The third-order valence-corrected chi connectivity index (χ3v) is 4.88. The molecule has 0 fully saturated rings. The second-order valence-electron chi connectivity index (χ2n) is 6.38. The maximum absolute atomic E-state index is 12.3. The Bertz CT molecular complexity index is 921. The van der Waals surface area contributed by atoms with Crippen LogP contribution >= 0.6 is 11.6 Å². The maximum atomic E-state index is 12.3. The van der Waals surface area contributed by atoms with Gasteiger partial charge in [-0.2, -0.15) is 0 Å². The lowest BCUT2D eigenvalue weighted by atomic mass is 9.88. The van der Waals surface area contributed by atoms with Crippen LogP contribution in [0.25, 0.3) is 5.52 Å². The van der Waals surface area contributed by atoms with E-state index in [9.17, 15) is 4.79 Å². The van der Waals surface area contributed by atoms with Crippen LogP contribution in [0.5, 0.6) is 0 Å². The van der Waals surface area contributed by atoms with Crippen LogP contribution in [0.15, 0.2) is 49.1 Å². The molecule has 0 bridgehead atoms. The molecule has 0 unspecified atom stereocenters. The first kappa shape index (κ1) is 16.0. The maximum Gasteiger partial charge on any atom is 0.315 e. The standard InChI is InChI=1S/C19H19ClN4O/c20-15-6-5-14-2-1-3-18(17(14)8-15)23-19(25)22-9-13-4-7-16-10-21-12-24(16)11-13/h4-8,10-12,18H,1-3,9H2,(H2,22,23,25)/t18-/m1/s1. The summed E-state index contributed by atoms with van der Waals surface area (Å²) in [6.07, 6.45) is 8.56. The van der Waals surface area contributed by atoms with Crippen LogP contribution in [0.2, 0.25) is 5.02 Å². The van der Waals surface area contributed by atoms with E-state index in [0.717, 1.165) is 35.9 Å². The molecule has 0 spiro atoms. The predicted molar refractivity (Wildman–Crippen MR) is 97.7 cm³/mol. The van der Waals surface area contributed by atoms with Crippen molar-refractivity contribution in [2.24, 2.45) is 0 Å². The summed E-state index contributed by atoms with van der Waals surface area (Å²) in [5.41, 5.74) is 4.46. The van der Waals surface area contributed by atoms with E-state index in [-0.39, 0.29) is 12.1 Å². The number of nitrogens with one attached hydrogen (secondary N) is 2. The molecule has 1 atom stereocenters. The van der Waals surface area contributed by atoms with Gasteiger partial charge in [0.05, 0.1) is 24.1 Å². The van der Waals surface area contributed by atoms with Crippen molar-refractivity contribution in [1.29, 1.82) is 0 Å². The number of fused-ring (bicyclic) bond motifs is 2. The van der Waals surface area contributed by atoms with Gasteiger partial charge in [-0.15, -0.1) is 0 Å². The molecule has 4 rings (SSSR count). The summed E-state index contributed by atoms with van der Waals surface area (Å²) in [5, 5.41) is 6.72. The summed E-state index contributed by atoms with van der Waals surface area (Å²) in [6.45, 7) is 0.467. The number of amides is 2. The number of carbonyl (C=O) groups is 1. The SMILES string of the molecule is O=C(NCc1ccc2cncn2c1)N[C@@H]1CCCc2ccc(Cl)cc21. The van der Waals surface area contributed by atoms with Crippen LogP contribution in [-0.4, -0.2) is 15.4 Å². The Morgan fingerprint density at radius 3 is 3.16 bits per heavy atom. The second-order valence-corrected chi connectivity index (χ2v) is 6.81. The molecular formula is C19H19ClN4O. The zero-order chi connectivity index (χ0) is 17.2. The van der Waals surface area contributed by atoms with Crippen molar-refractivity contribution in [3.05, 3.63) is 70.8 Å². The van der Waals surface area contributed by atoms with Crippen molar-refractivity contribution in [2.45, 2.75) is 31.8 Å². The van der Waals surface area contributed by atoms with E-state index < -0.39 is 0 Å². The summed E-state index contributed by atoms with van der Waals surface area (Å²) >= 11 is 6.12. The summed E-state index contributed by atoms with van der Waals surface area (Å²) in [6, 6.07) is 9.77. The average Bonchev–Trinajstić information content (AvgIpc) is 3.08. The zero-order valence-electron chi connectivity index (χ0n) is 13.7. The summed E-state index contributed by atoms with van der Waals surface area (Å²) in [4.78, 5) is 16.4. The number of hydrogen-bond acceptors (Lipinski definition) is 2. The molecule has 2 N–H and O–H groups in total. The Morgan fingerprint density at radius 2 is 2.24 bits per heavy atom. The molecule has 2 aromatic heterocycles. The van der Waals surface area contributed by atoms with Crippen molar-refractivity contribution < 1.29 is 4.79 Å². The van der Waals surface area contributed by atoms with E-state index in [1.165, 1.54) is 5.56 Å². The highest BCUT2D eigenvalue weighted by Gasteiger charge is 2.22. The molecular weight excluding hydrogens is 336 g/mol. The second kappa shape index (κ2) is 6.76. The minimum Gasteiger partial charge on any atom is -0.334 e. The van der Waals surface area contributed by atoms with E-state index in [1.54, 1.807) is 12.5 Å². The first-order chi connectivity index (χ1) is 12.2. The van der Waals surface area contributed by atoms with Gasteiger partial charge >= 0.3 is 6.03 Å². The van der Waals surface area contributed by atoms with Gasteiger partial charge in [-0.25, -0.2) is 9.78 Å². The highest BCUT2D eigenvalue weighted by Crippen LogP contribution is 2.31. The molecule has 1 aromatic carbocycles. The minimum absolute atomic E-state index is 0.0126. The third-order valence-electron chi connectivity index (χ3n) is 4.65. The molecule has 1 aliphatic carbocycles. The number of benzene rings is 1. The number of rotatable bonds is 3. The lowest BCUT2D eigenvalue weighted by molar-refractivity contribution is 0.235. The third kappa shape index (κ3) is 3.46. The Balaban J connectivity index is 1.40. The smallest absolute Gasteiger partial charge is 0.315 e. The summed E-state index contributed by atoms with van der Waals surface area (Å²) < 4.78 is 1.94. The topological polar surface area (TPSA) is 58.4 Å². The van der Waals surface area contributed by atoms with Gasteiger partial charge in [0.25, 0.3) is 0 Å². The number of nitrogens with zero attached hydrogens (tertiary/aromatic N) is 2. The Kier molecular flexibility index (Phi) is 4.32. The minimum atomic E-state index is -0.163. The van der Waals surface area contributed by atoms with Gasteiger partial charge in [-0.05, 0) is 54.2 Å². The molecule has 5 nitrogen and oxygen atoms in total. The lowest BCUT2D eigenvalue weighted by Crippen LogP contribution is -2.38. The van der Waals surface area contributed by atoms with Crippen LogP contribution in [0.3, 0.4) is 0 Å². The molecule has 0 radical (unpaired) electrons. The number of hydrogen-bond donors (Lipinski definition) is 2. The molecule has 0 aliphatic heterocycles. The Hall–Kier alpha value is -2.53. The van der Waals surface area contributed by atoms with Gasteiger partial charge in [0.1, 0.15) is 0 Å². The first-order valence-electron chi connectivity index (χ1n) is 8.42. The van der Waals surface area contributed by atoms with Gasteiger partial charge in [0, 0.05) is 17.8 Å². The van der Waals surface area contributed by atoms with Gasteiger partial charge in [0.15, 0.2) is 0 Å². The van der Waals surface area contributed by atoms with Crippen LogP contribution in [0.4, 0.5) is 4.79 Å². The normalized spacial score (nSPS) is 16.4. The quantitative estimate of drug-likeness (QED) is 0.750. The summed E-state index contributed by atoms with van der Waals surface area (Å²) in [5.74, 6) is 0. The number of aryl methyl sites for hydroxylation is 1. The molecule has 2 heterocycles. The number of aromatic nitrogens is 2. The molecule has 25 heavy (non-hydrogen) atoms. The van der Waals surface area contributed by atoms with Crippen molar-refractivity contribution in [1.82, 2.24) is 20.0 Å². The Labute approximate surface area is 151 Å². The predicted octanol–water partition coefficient (Wildman–Crippen LogP) is 3.86. The van der Waals surface area contributed by atoms with E-state index in [0.29, 0.717) is 11.6 Å². The molecule has 1 aliphatic rings. The van der Waals surface area contributed by atoms with Gasteiger partial charge in [0.2, 0.25) is 0 Å². The van der Waals surface area contributed by atoms with Crippen molar-refractivity contribution in [3.63, 3.8) is 0 Å². The van der Waals surface area contributed by atoms with Crippen LogP contribution in [0.1, 0.15) is 35.6 Å². The van der Waals surface area contributed by atoms with Crippen LogP contribution in [0, 0.1) is 0 Å². The van der Waals surface area contributed by atoms with Crippen molar-refractivity contribution >= 4 is 23.1 Å². The monoisotopic (exact) mass is 354 g/mol. The summed E-state index contributed by atoms with van der Waals surface area (Å²) in [7, 11) is 0. The molecule has 3 aromatic rings. The first-order valence-corrected chi connectivity index (χ1v) is 8.80. The molecule has 6 heteroatoms.